The first-order valence-corrected chi connectivity index (χ1v) is 7.59. The van der Waals surface area contributed by atoms with Crippen LogP contribution in [0.15, 0.2) is 6.07 Å². The van der Waals surface area contributed by atoms with Crippen LogP contribution in [0, 0.1) is 12.3 Å². The largest absolute Gasteiger partial charge is 0.316 e. The number of hydrogen-bond acceptors (Lipinski definition) is 2. The van der Waals surface area contributed by atoms with Crippen molar-refractivity contribution in [2.24, 2.45) is 5.41 Å². The minimum Gasteiger partial charge on any atom is -0.316 e. The second kappa shape index (κ2) is 6.77. The van der Waals surface area contributed by atoms with Crippen molar-refractivity contribution in [1.82, 2.24) is 5.32 Å². The third-order valence-corrected chi connectivity index (χ3v) is 4.60. The molecule has 1 aromatic rings. The quantitative estimate of drug-likeness (QED) is 0.712. The normalized spacial score (nSPS) is 12.1. The van der Waals surface area contributed by atoms with Crippen LogP contribution in [-0.2, 0) is 6.42 Å². The smallest absolute Gasteiger partial charge is 0.0960 e. The van der Waals surface area contributed by atoms with E-state index in [0.29, 0.717) is 5.41 Å². The molecule has 0 radical (unpaired) electrons. The fourth-order valence-corrected chi connectivity index (χ4v) is 3.04. The van der Waals surface area contributed by atoms with Gasteiger partial charge < -0.3 is 5.32 Å². The lowest BCUT2D eigenvalue weighted by Crippen LogP contribution is -2.30. The first-order chi connectivity index (χ1) is 7.94. The fraction of sp³-hybridized carbons (Fsp3) is 0.714. The van der Waals surface area contributed by atoms with Crippen LogP contribution in [0.2, 0.25) is 4.34 Å². The van der Waals surface area contributed by atoms with E-state index in [1.807, 2.05) is 0 Å². The van der Waals surface area contributed by atoms with Gasteiger partial charge in [0.1, 0.15) is 0 Å². The van der Waals surface area contributed by atoms with Gasteiger partial charge in [-0.15, -0.1) is 11.3 Å². The highest BCUT2D eigenvalue weighted by Crippen LogP contribution is 2.30. The standard InChI is InChI=1S/C14H24ClNS/c1-5-8-16-10-14(3,4)7-6-12-9-11(2)13(15)17-12/h9,16H,5-8,10H2,1-4H3. The van der Waals surface area contributed by atoms with Gasteiger partial charge in [-0.25, -0.2) is 0 Å². The van der Waals surface area contributed by atoms with Gasteiger partial charge in [0.05, 0.1) is 4.34 Å². The molecule has 17 heavy (non-hydrogen) atoms. The monoisotopic (exact) mass is 273 g/mol. The summed E-state index contributed by atoms with van der Waals surface area (Å²) in [6.07, 6.45) is 3.55. The predicted molar refractivity (Wildman–Crippen MR) is 79.3 cm³/mol. The molecule has 0 aliphatic rings. The van der Waals surface area contributed by atoms with Crippen molar-refractivity contribution in [3.8, 4) is 0 Å². The highest BCUT2D eigenvalue weighted by atomic mass is 35.5. The van der Waals surface area contributed by atoms with Crippen molar-refractivity contribution in [2.75, 3.05) is 13.1 Å². The lowest BCUT2D eigenvalue weighted by Gasteiger charge is -2.24. The molecule has 1 nitrogen and oxygen atoms in total. The Hall–Kier alpha value is -0.0500. The third kappa shape index (κ3) is 5.41. The van der Waals surface area contributed by atoms with Gasteiger partial charge in [0.2, 0.25) is 0 Å². The zero-order chi connectivity index (χ0) is 12.9. The van der Waals surface area contributed by atoms with E-state index in [0.717, 1.165) is 23.8 Å². The van der Waals surface area contributed by atoms with Gasteiger partial charge in [-0.3, -0.25) is 0 Å². The molecule has 0 unspecified atom stereocenters. The van der Waals surface area contributed by atoms with E-state index in [1.54, 1.807) is 11.3 Å². The maximum atomic E-state index is 6.09. The van der Waals surface area contributed by atoms with Gasteiger partial charge in [-0.05, 0) is 49.8 Å². The van der Waals surface area contributed by atoms with Crippen molar-refractivity contribution >= 4 is 22.9 Å². The Balaban J connectivity index is 2.38. The Kier molecular flexibility index (Phi) is 5.98. The maximum Gasteiger partial charge on any atom is 0.0960 e. The average molecular weight is 274 g/mol. The summed E-state index contributed by atoms with van der Waals surface area (Å²) in [7, 11) is 0. The van der Waals surface area contributed by atoms with E-state index in [9.17, 15) is 0 Å². The molecule has 0 atom stereocenters. The summed E-state index contributed by atoms with van der Waals surface area (Å²) in [4.78, 5) is 1.41. The van der Waals surface area contributed by atoms with E-state index in [-0.39, 0.29) is 0 Å². The summed E-state index contributed by atoms with van der Waals surface area (Å²) in [5.41, 5.74) is 1.58. The molecule has 1 heterocycles. The van der Waals surface area contributed by atoms with Crippen LogP contribution < -0.4 is 5.32 Å². The van der Waals surface area contributed by atoms with E-state index >= 15 is 0 Å². The molecule has 1 N–H and O–H groups in total. The Morgan fingerprint density at radius 2 is 2.12 bits per heavy atom. The molecule has 0 saturated carbocycles. The van der Waals surface area contributed by atoms with Crippen molar-refractivity contribution in [3.63, 3.8) is 0 Å². The van der Waals surface area contributed by atoms with Gasteiger partial charge in [-0.1, -0.05) is 32.4 Å². The van der Waals surface area contributed by atoms with Crippen LogP contribution in [0.4, 0.5) is 0 Å². The summed E-state index contributed by atoms with van der Waals surface area (Å²) in [6, 6.07) is 2.22. The molecule has 0 aromatic carbocycles. The van der Waals surface area contributed by atoms with Gasteiger partial charge >= 0.3 is 0 Å². The SMILES string of the molecule is CCCNCC(C)(C)CCc1cc(C)c(Cl)s1. The van der Waals surface area contributed by atoms with Crippen LogP contribution >= 0.6 is 22.9 Å². The molecule has 0 aliphatic carbocycles. The van der Waals surface area contributed by atoms with Crippen LogP contribution in [0.1, 0.15) is 44.1 Å². The van der Waals surface area contributed by atoms with E-state index in [1.165, 1.54) is 23.3 Å². The fourth-order valence-electron chi connectivity index (χ4n) is 1.80. The Morgan fingerprint density at radius 3 is 2.65 bits per heavy atom. The van der Waals surface area contributed by atoms with E-state index < -0.39 is 0 Å². The number of halogens is 1. The zero-order valence-electron chi connectivity index (χ0n) is 11.4. The molecule has 1 aromatic heterocycles. The summed E-state index contributed by atoms with van der Waals surface area (Å²) in [5, 5.41) is 3.51. The van der Waals surface area contributed by atoms with Crippen molar-refractivity contribution in [3.05, 3.63) is 20.8 Å². The Labute approximate surface area is 115 Å². The second-order valence-electron chi connectivity index (χ2n) is 5.51. The van der Waals surface area contributed by atoms with Gasteiger partial charge in [0.15, 0.2) is 0 Å². The highest BCUT2D eigenvalue weighted by Gasteiger charge is 2.17. The van der Waals surface area contributed by atoms with Gasteiger partial charge in [-0.2, -0.15) is 0 Å². The summed E-state index contributed by atoms with van der Waals surface area (Å²) in [5.74, 6) is 0. The van der Waals surface area contributed by atoms with Crippen molar-refractivity contribution in [2.45, 2.75) is 47.0 Å². The van der Waals surface area contributed by atoms with Crippen molar-refractivity contribution < 1.29 is 0 Å². The number of hydrogen-bond donors (Lipinski definition) is 1. The zero-order valence-corrected chi connectivity index (χ0v) is 13.0. The second-order valence-corrected chi connectivity index (χ2v) is 7.25. The topological polar surface area (TPSA) is 12.0 Å². The first kappa shape index (κ1) is 15.0. The van der Waals surface area contributed by atoms with Crippen LogP contribution in [0.3, 0.4) is 0 Å². The number of nitrogens with one attached hydrogen (secondary N) is 1. The summed E-state index contributed by atoms with van der Waals surface area (Å²) >= 11 is 7.82. The minimum atomic E-state index is 0.361. The lowest BCUT2D eigenvalue weighted by atomic mass is 9.87. The highest BCUT2D eigenvalue weighted by molar-refractivity contribution is 7.16. The summed E-state index contributed by atoms with van der Waals surface area (Å²) < 4.78 is 0.946. The Morgan fingerprint density at radius 1 is 1.41 bits per heavy atom. The molecular formula is C14H24ClNS. The molecule has 0 aliphatic heterocycles. The molecule has 3 heteroatoms. The van der Waals surface area contributed by atoms with E-state index in [4.69, 9.17) is 11.6 Å². The molecule has 0 amide bonds. The van der Waals surface area contributed by atoms with Crippen LogP contribution in [0.25, 0.3) is 0 Å². The molecule has 0 spiro atoms. The molecule has 98 valence electrons. The maximum absolute atomic E-state index is 6.09. The molecule has 0 fully saturated rings. The third-order valence-electron chi connectivity index (χ3n) is 2.99. The van der Waals surface area contributed by atoms with Gasteiger partial charge in [0.25, 0.3) is 0 Å². The predicted octanol–water partition coefficient (Wildman–Crippen LogP) is 4.67. The summed E-state index contributed by atoms with van der Waals surface area (Å²) in [6.45, 7) is 11.2. The first-order valence-electron chi connectivity index (χ1n) is 6.40. The van der Waals surface area contributed by atoms with Crippen LogP contribution in [0.5, 0.6) is 0 Å². The molecule has 1 rings (SSSR count). The number of aryl methyl sites for hydroxylation is 2. The lowest BCUT2D eigenvalue weighted by molar-refractivity contribution is 0.316. The number of thiophene rings is 1. The number of rotatable bonds is 7. The Bertz CT molecular complexity index is 324. The molecule has 0 saturated heterocycles. The van der Waals surface area contributed by atoms with E-state index in [2.05, 4.69) is 39.1 Å². The minimum absolute atomic E-state index is 0.361. The molecule has 0 bridgehead atoms. The molecular weight excluding hydrogens is 250 g/mol. The van der Waals surface area contributed by atoms with Gasteiger partial charge in [0, 0.05) is 11.4 Å². The average Bonchev–Trinajstić information content (AvgIpc) is 2.56. The van der Waals surface area contributed by atoms with Crippen molar-refractivity contribution in [1.29, 1.82) is 0 Å². The van der Waals surface area contributed by atoms with Crippen LogP contribution in [-0.4, -0.2) is 13.1 Å².